The lowest BCUT2D eigenvalue weighted by Gasteiger charge is -2.38. The fourth-order valence-electron chi connectivity index (χ4n) is 4.18. The highest BCUT2D eigenvalue weighted by Gasteiger charge is 2.47. The van der Waals surface area contributed by atoms with E-state index < -0.39 is 35.3 Å². The van der Waals surface area contributed by atoms with Gasteiger partial charge in [0.25, 0.3) is 11.8 Å². The van der Waals surface area contributed by atoms with Crippen LogP contribution in [0.3, 0.4) is 0 Å². The second kappa shape index (κ2) is 9.85. The predicted molar refractivity (Wildman–Crippen MR) is 118 cm³/mol. The van der Waals surface area contributed by atoms with Gasteiger partial charge in [-0.25, -0.2) is 27.5 Å². The van der Waals surface area contributed by atoms with Gasteiger partial charge in [-0.3, -0.25) is 9.59 Å². The normalized spacial score (nSPS) is 20.1. The molecular formula is C24H22F4N4O3. The molecule has 35 heavy (non-hydrogen) atoms. The molecular weight excluding hydrogens is 468 g/mol. The molecule has 2 N–H and O–H groups in total. The van der Waals surface area contributed by atoms with Crippen molar-refractivity contribution < 1.29 is 27.1 Å². The smallest absolute Gasteiger partial charge is 0.256 e. The maximum Gasteiger partial charge on any atom is 0.256 e. The molecule has 3 aromatic heterocycles. The molecule has 7 nitrogen and oxygen atoms in total. The summed E-state index contributed by atoms with van der Waals surface area (Å²) >= 11 is 0. The molecule has 0 spiro atoms. The molecule has 3 heterocycles. The summed E-state index contributed by atoms with van der Waals surface area (Å²) in [5, 5.41) is 2.65. The molecule has 0 aromatic carbocycles. The summed E-state index contributed by atoms with van der Waals surface area (Å²) in [5.41, 5.74) is -0.0450. The van der Waals surface area contributed by atoms with Crippen molar-refractivity contribution in [3.8, 4) is 11.6 Å². The number of hydrogen-bond acceptors (Lipinski definition) is 5. The molecule has 1 amide bonds. The van der Waals surface area contributed by atoms with Crippen LogP contribution < -0.4 is 15.6 Å². The number of carbonyl (C=O) groups excluding carboxylic acids is 1. The quantitative estimate of drug-likeness (QED) is 0.473. The van der Waals surface area contributed by atoms with E-state index in [0.717, 1.165) is 6.20 Å². The number of carbonyl (C=O) groups is 1. The number of nitrogens with one attached hydrogen (secondary N) is 2. The van der Waals surface area contributed by atoms with E-state index in [1.807, 2.05) is 0 Å². The van der Waals surface area contributed by atoms with E-state index in [-0.39, 0.29) is 48.2 Å². The van der Waals surface area contributed by atoms with Crippen molar-refractivity contribution >= 4 is 11.7 Å². The van der Waals surface area contributed by atoms with Gasteiger partial charge in [0, 0.05) is 36.6 Å². The summed E-state index contributed by atoms with van der Waals surface area (Å²) in [6.07, 6.45) is 3.25. The minimum atomic E-state index is -2.94. The van der Waals surface area contributed by atoms with Crippen LogP contribution in [0.25, 0.3) is 0 Å². The third kappa shape index (κ3) is 5.67. The maximum atomic E-state index is 14.6. The fourth-order valence-corrected chi connectivity index (χ4v) is 4.18. The van der Waals surface area contributed by atoms with Crippen LogP contribution in [0.4, 0.5) is 23.4 Å². The molecule has 0 saturated heterocycles. The van der Waals surface area contributed by atoms with Crippen molar-refractivity contribution in [1.29, 1.82) is 0 Å². The molecule has 0 unspecified atom stereocenters. The SMILES string of the molecule is C[C@@H](C(=O)Nc1ccc(Oc2ncc(F)cc2F)cn1)[C@H]1CCC(F)(F)[C@@H](c2ccc(=O)[nH]c2)C1. The van der Waals surface area contributed by atoms with Crippen LogP contribution in [0.1, 0.15) is 37.7 Å². The van der Waals surface area contributed by atoms with Gasteiger partial charge in [-0.2, -0.15) is 0 Å². The Hall–Kier alpha value is -3.76. The number of pyridine rings is 3. The minimum Gasteiger partial charge on any atom is -0.435 e. The zero-order chi connectivity index (χ0) is 25.2. The topological polar surface area (TPSA) is 97.0 Å². The number of hydrogen-bond donors (Lipinski definition) is 2. The van der Waals surface area contributed by atoms with Gasteiger partial charge in [0.1, 0.15) is 17.4 Å². The van der Waals surface area contributed by atoms with Crippen molar-refractivity contribution in [2.75, 3.05) is 5.32 Å². The Kier molecular flexibility index (Phi) is 6.86. The number of ether oxygens (including phenoxy) is 1. The molecule has 1 fully saturated rings. The van der Waals surface area contributed by atoms with Gasteiger partial charge < -0.3 is 15.0 Å². The molecule has 1 aliphatic rings. The summed E-state index contributed by atoms with van der Waals surface area (Å²) < 4.78 is 61.1. The van der Waals surface area contributed by atoms with Crippen molar-refractivity contribution in [3.63, 3.8) is 0 Å². The lowest BCUT2D eigenvalue weighted by atomic mass is 9.71. The Morgan fingerprint density at radius 3 is 2.66 bits per heavy atom. The van der Waals surface area contributed by atoms with Crippen LogP contribution >= 0.6 is 0 Å². The van der Waals surface area contributed by atoms with Gasteiger partial charge in [0.2, 0.25) is 11.5 Å². The van der Waals surface area contributed by atoms with Crippen molar-refractivity contribution in [2.45, 2.75) is 38.0 Å². The predicted octanol–water partition coefficient (Wildman–Crippen LogP) is 5.03. The number of anilines is 1. The number of H-pyrrole nitrogens is 1. The van der Waals surface area contributed by atoms with Gasteiger partial charge >= 0.3 is 0 Å². The summed E-state index contributed by atoms with van der Waals surface area (Å²) in [6, 6.07) is 6.09. The minimum absolute atomic E-state index is 0.0874. The van der Waals surface area contributed by atoms with Gasteiger partial charge in [0.15, 0.2) is 5.82 Å². The van der Waals surface area contributed by atoms with Crippen LogP contribution in [-0.4, -0.2) is 26.8 Å². The Morgan fingerprint density at radius 1 is 1.20 bits per heavy atom. The van der Waals surface area contributed by atoms with E-state index in [2.05, 4.69) is 20.3 Å². The first-order chi connectivity index (χ1) is 16.6. The van der Waals surface area contributed by atoms with Crippen molar-refractivity contribution in [3.05, 3.63) is 76.5 Å². The number of halogens is 4. The Labute approximate surface area is 197 Å². The second-order valence-electron chi connectivity index (χ2n) is 8.53. The molecule has 1 saturated carbocycles. The Balaban J connectivity index is 1.39. The number of amides is 1. The molecule has 1 aliphatic carbocycles. The van der Waals surface area contributed by atoms with Crippen LogP contribution in [-0.2, 0) is 4.79 Å². The van der Waals surface area contributed by atoms with Gasteiger partial charge in [-0.15, -0.1) is 0 Å². The number of alkyl halides is 2. The molecule has 4 rings (SSSR count). The lowest BCUT2D eigenvalue weighted by Crippen LogP contribution is -2.38. The van der Waals surface area contributed by atoms with Crippen molar-refractivity contribution in [1.82, 2.24) is 15.0 Å². The number of aromatic amines is 1. The van der Waals surface area contributed by atoms with Crippen molar-refractivity contribution in [2.24, 2.45) is 11.8 Å². The summed E-state index contributed by atoms with van der Waals surface area (Å²) in [5.74, 6) is -7.25. The zero-order valence-corrected chi connectivity index (χ0v) is 18.6. The van der Waals surface area contributed by atoms with E-state index in [1.54, 1.807) is 6.92 Å². The zero-order valence-electron chi connectivity index (χ0n) is 18.6. The third-order valence-electron chi connectivity index (χ3n) is 6.20. The average Bonchev–Trinajstić information content (AvgIpc) is 2.82. The van der Waals surface area contributed by atoms with E-state index in [9.17, 15) is 27.2 Å². The van der Waals surface area contributed by atoms with Crippen LogP contribution in [0.5, 0.6) is 11.6 Å². The lowest BCUT2D eigenvalue weighted by molar-refractivity contribution is -0.124. The number of rotatable bonds is 6. The largest absolute Gasteiger partial charge is 0.435 e. The highest BCUT2D eigenvalue weighted by Crippen LogP contribution is 2.48. The highest BCUT2D eigenvalue weighted by atomic mass is 19.3. The molecule has 184 valence electrons. The average molecular weight is 490 g/mol. The van der Waals surface area contributed by atoms with Crippen LogP contribution in [0, 0.1) is 23.5 Å². The summed E-state index contributed by atoms with van der Waals surface area (Å²) in [6.45, 7) is 1.67. The van der Waals surface area contributed by atoms with Gasteiger partial charge in [-0.05, 0) is 36.5 Å². The van der Waals surface area contributed by atoms with E-state index in [4.69, 9.17) is 4.74 Å². The standard InChI is InChI=1S/C24H22F4N4O3/c1-13(14-6-7-24(27,28)18(8-14)15-2-5-21(33)30-10-15)22(34)32-20-4-3-17(12-29-20)35-23-19(26)9-16(25)11-31-23/h2-5,9-14,18H,6-8H2,1H3,(H,30,33)(H,29,32,34)/t13-,14+,18-/m1/s1. The number of aromatic nitrogens is 3. The highest BCUT2D eigenvalue weighted by molar-refractivity contribution is 5.91. The summed E-state index contributed by atoms with van der Waals surface area (Å²) in [7, 11) is 0. The van der Waals surface area contributed by atoms with Gasteiger partial charge in [-0.1, -0.05) is 13.0 Å². The monoisotopic (exact) mass is 490 g/mol. The molecule has 11 heteroatoms. The fraction of sp³-hybridized carbons (Fsp3) is 0.333. The molecule has 3 atom stereocenters. The third-order valence-corrected chi connectivity index (χ3v) is 6.20. The first-order valence-corrected chi connectivity index (χ1v) is 10.9. The first kappa shape index (κ1) is 24.4. The van der Waals surface area contributed by atoms with Crippen LogP contribution in [0.2, 0.25) is 0 Å². The van der Waals surface area contributed by atoms with Crippen LogP contribution in [0.15, 0.2) is 53.7 Å². The second-order valence-corrected chi connectivity index (χ2v) is 8.53. The molecule has 0 bridgehead atoms. The molecule has 0 aliphatic heterocycles. The van der Waals surface area contributed by atoms with E-state index in [0.29, 0.717) is 11.6 Å². The van der Waals surface area contributed by atoms with E-state index >= 15 is 0 Å². The van der Waals surface area contributed by atoms with Gasteiger partial charge in [0.05, 0.1) is 12.4 Å². The number of nitrogens with zero attached hydrogens (tertiary/aromatic N) is 2. The molecule has 0 radical (unpaired) electrons. The Morgan fingerprint density at radius 2 is 2.00 bits per heavy atom. The molecule has 3 aromatic rings. The summed E-state index contributed by atoms with van der Waals surface area (Å²) in [4.78, 5) is 34.1. The maximum absolute atomic E-state index is 14.6. The van der Waals surface area contributed by atoms with E-state index in [1.165, 1.54) is 36.7 Å². The first-order valence-electron chi connectivity index (χ1n) is 10.9. The Bertz CT molecular complexity index is 1250.